The molecule has 2 aromatic rings. The first kappa shape index (κ1) is 17.7. The fraction of sp³-hybridized carbons (Fsp3) is 0.381. The lowest BCUT2D eigenvalue weighted by atomic mass is 9.76. The number of benzene rings is 1. The molecule has 2 aliphatic rings. The van der Waals surface area contributed by atoms with E-state index >= 15 is 0 Å². The molecule has 1 aromatic carbocycles. The SMILES string of the molecule is CC(=O)c1ccc(N2CC[C@]3(c4ccccc4)[C@@H](C2)OCC(=O)N3C)nc1. The van der Waals surface area contributed by atoms with Gasteiger partial charge in [-0.2, -0.15) is 0 Å². The van der Waals surface area contributed by atoms with Crippen molar-refractivity contribution in [2.75, 3.05) is 31.6 Å². The van der Waals surface area contributed by atoms with Crippen LogP contribution in [0.25, 0.3) is 0 Å². The Labute approximate surface area is 158 Å². The molecule has 0 saturated carbocycles. The molecule has 140 valence electrons. The minimum Gasteiger partial charge on any atom is -0.364 e. The van der Waals surface area contributed by atoms with E-state index in [0.29, 0.717) is 12.1 Å². The average Bonchev–Trinajstić information content (AvgIpc) is 2.71. The molecule has 1 amide bonds. The number of ketones is 1. The summed E-state index contributed by atoms with van der Waals surface area (Å²) in [7, 11) is 1.88. The molecule has 0 N–H and O–H groups in total. The van der Waals surface area contributed by atoms with Gasteiger partial charge in [-0.1, -0.05) is 30.3 Å². The Kier molecular flexibility index (Phi) is 4.44. The number of piperidine rings is 1. The molecule has 2 aliphatic heterocycles. The number of hydrogen-bond acceptors (Lipinski definition) is 5. The summed E-state index contributed by atoms with van der Waals surface area (Å²) in [5, 5.41) is 0. The predicted molar refractivity (Wildman–Crippen MR) is 102 cm³/mol. The molecule has 1 aromatic heterocycles. The van der Waals surface area contributed by atoms with Crippen LogP contribution in [-0.4, -0.2) is 54.4 Å². The Balaban J connectivity index is 1.65. The fourth-order valence-corrected chi connectivity index (χ4v) is 4.21. The zero-order valence-corrected chi connectivity index (χ0v) is 15.6. The second kappa shape index (κ2) is 6.78. The molecule has 2 atom stereocenters. The highest BCUT2D eigenvalue weighted by atomic mass is 16.5. The standard InChI is InChI=1S/C21H23N3O3/c1-15(25)16-8-9-19(22-12-16)24-11-10-21(17-6-4-3-5-7-17)18(13-24)27-14-20(26)23(21)2/h3-9,12,18H,10-11,13-14H2,1-2H3/t18-,21+/m1/s1. The number of morpholine rings is 1. The van der Waals surface area contributed by atoms with Crippen molar-refractivity contribution in [3.8, 4) is 0 Å². The number of anilines is 1. The first-order valence-electron chi connectivity index (χ1n) is 9.18. The maximum absolute atomic E-state index is 12.4. The third kappa shape index (κ3) is 2.90. The maximum atomic E-state index is 12.4. The number of carbonyl (C=O) groups excluding carboxylic acids is 2. The third-order valence-corrected chi connectivity index (χ3v) is 5.81. The van der Waals surface area contributed by atoms with Gasteiger partial charge in [-0.05, 0) is 31.0 Å². The average molecular weight is 365 g/mol. The number of rotatable bonds is 3. The molecule has 0 radical (unpaired) electrons. The van der Waals surface area contributed by atoms with Crippen LogP contribution in [0.5, 0.6) is 0 Å². The van der Waals surface area contributed by atoms with Gasteiger partial charge < -0.3 is 14.5 Å². The lowest BCUT2D eigenvalue weighted by Gasteiger charge is -2.55. The Morgan fingerprint density at radius 1 is 1.22 bits per heavy atom. The monoisotopic (exact) mass is 365 g/mol. The van der Waals surface area contributed by atoms with Gasteiger partial charge in [-0.25, -0.2) is 4.98 Å². The highest BCUT2D eigenvalue weighted by molar-refractivity contribution is 5.93. The minimum absolute atomic E-state index is 0.00606. The Morgan fingerprint density at radius 2 is 2.00 bits per heavy atom. The van der Waals surface area contributed by atoms with Crippen LogP contribution >= 0.6 is 0 Å². The molecule has 0 spiro atoms. The van der Waals surface area contributed by atoms with E-state index in [-0.39, 0.29) is 24.4 Å². The molecule has 3 heterocycles. The molecule has 0 bridgehead atoms. The van der Waals surface area contributed by atoms with Crippen molar-refractivity contribution in [2.45, 2.75) is 25.0 Å². The van der Waals surface area contributed by atoms with Gasteiger partial charge in [0.2, 0.25) is 5.91 Å². The molecule has 6 nitrogen and oxygen atoms in total. The first-order valence-corrected chi connectivity index (χ1v) is 9.18. The summed E-state index contributed by atoms with van der Waals surface area (Å²) in [5.41, 5.74) is 1.24. The van der Waals surface area contributed by atoms with E-state index in [4.69, 9.17) is 4.74 Å². The van der Waals surface area contributed by atoms with E-state index in [9.17, 15) is 9.59 Å². The third-order valence-electron chi connectivity index (χ3n) is 5.81. The molecular formula is C21H23N3O3. The Bertz CT molecular complexity index is 853. The van der Waals surface area contributed by atoms with Crippen LogP contribution in [0.4, 0.5) is 5.82 Å². The Morgan fingerprint density at radius 3 is 2.67 bits per heavy atom. The van der Waals surface area contributed by atoms with E-state index in [2.05, 4.69) is 22.0 Å². The van der Waals surface area contributed by atoms with Gasteiger partial charge in [0, 0.05) is 31.9 Å². The molecule has 6 heteroatoms. The zero-order chi connectivity index (χ0) is 19.0. The van der Waals surface area contributed by atoms with Crippen LogP contribution in [0.1, 0.15) is 29.3 Å². The van der Waals surface area contributed by atoms with Gasteiger partial charge in [0.1, 0.15) is 18.5 Å². The normalized spacial score (nSPS) is 25.3. The van der Waals surface area contributed by atoms with Crippen molar-refractivity contribution < 1.29 is 14.3 Å². The first-order chi connectivity index (χ1) is 13.0. The smallest absolute Gasteiger partial charge is 0.249 e. The number of hydrogen-bond donors (Lipinski definition) is 0. The van der Waals surface area contributed by atoms with Crippen LogP contribution in [0, 0.1) is 0 Å². The second-order valence-electron chi connectivity index (χ2n) is 7.20. The van der Waals surface area contributed by atoms with Crippen molar-refractivity contribution in [1.29, 1.82) is 0 Å². The van der Waals surface area contributed by atoms with E-state index < -0.39 is 5.54 Å². The van der Waals surface area contributed by atoms with E-state index in [0.717, 1.165) is 24.3 Å². The van der Waals surface area contributed by atoms with Gasteiger partial charge in [-0.3, -0.25) is 9.59 Å². The topological polar surface area (TPSA) is 62.7 Å². The maximum Gasteiger partial charge on any atom is 0.249 e. The van der Waals surface area contributed by atoms with Crippen molar-refractivity contribution in [3.05, 3.63) is 59.8 Å². The lowest BCUT2D eigenvalue weighted by molar-refractivity contribution is -0.173. The molecular weight excluding hydrogens is 342 g/mol. The number of likely N-dealkylation sites (N-methyl/N-ethyl adjacent to an activating group) is 1. The summed E-state index contributed by atoms with van der Waals surface area (Å²) in [6, 6.07) is 13.8. The van der Waals surface area contributed by atoms with Crippen molar-refractivity contribution >= 4 is 17.5 Å². The largest absolute Gasteiger partial charge is 0.364 e. The van der Waals surface area contributed by atoms with Gasteiger partial charge in [0.05, 0.1) is 5.54 Å². The second-order valence-corrected chi connectivity index (χ2v) is 7.20. The number of ether oxygens (including phenoxy) is 1. The number of carbonyl (C=O) groups is 2. The lowest BCUT2D eigenvalue weighted by Crippen LogP contribution is -2.67. The zero-order valence-electron chi connectivity index (χ0n) is 15.6. The highest BCUT2D eigenvalue weighted by Crippen LogP contribution is 2.42. The van der Waals surface area contributed by atoms with Crippen LogP contribution in [0.3, 0.4) is 0 Å². The number of nitrogens with zero attached hydrogens (tertiary/aromatic N) is 3. The van der Waals surface area contributed by atoms with Gasteiger partial charge in [0.25, 0.3) is 0 Å². The van der Waals surface area contributed by atoms with Crippen molar-refractivity contribution in [3.63, 3.8) is 0 Å². The predicted octanol–water partition coefficient (Wildman–Crippen LogP) is 2.25. The summed E-state index contributed by atoms with van der Waals surface area (Å²) in [6.07, 6.45) is 2.22. The van der Waals surface area contributed by atoms with Crippen molar-refractivity contribution in [1.82, 2.24) is 9.88 Å². The molecule has 2 fully saturated rings. The number of fused-ring (bicyclic) bond motifs is 1. The number of Topliss-reactive ketones (excluding diaryl/α,β-unsaturated/α-hetero) is 1. The summed E-state index contributed by atoms with van der Waals surface area (Å²) in [4.78, 5) is 32.4. The molecule has 0 aliphatic carbocycles. The van der Waals surface area contributed by atoms with E-state index in [1.165, 1.54) is 6.92 Å². The molecule has 0 unspecified atom stereocenters. The molecule has 2 saturated heterocycles. The van der Waals surface area contributed by atoms with Crippen LogP contribution in [-0.2, 0) is 15.1 Å². The van der Waals surface area contributed by atoms with E-state index in [1.807, 2.05) is 36.2 Å². The fourth-order valence-electron chi connectivity index (χ4n) is 4.21. The van der Waals surface area contributed by atoms with Crippen LogP contribution < -0.4 is 4.90 Å². The summed E-state index contributed by atoms with van der Waals surface area (Å²) >= 11 is 0. The van der Waals surface area contributed by atoms with Gasteiger partial charge in [-0.15, -0.1) is 0 Å². The summed E-state index contributed by atoms with van der Waals surface area (Å²) < 4.78 is 6.02. The summed E-state index contributed by atoms with van der Waals surface area (Å²) in [6.45, 7) is 3.02. The number of pyridine rings is 1. The van der Waals surface area contributed by atoms with Crippen LogP contribution in [0.15, 0.2) is 48.7 Å². The van der Waals surface area contributed by atoms with E-state index in [1.54, 1.807) is 12.3 Å². The Hall–Kier alpha value is -2.73. The van der Waals surface area contributed by atoms with Gasteiger partial charge in [0.15, 0.2) is 5.78 Å². The number of amides is 1. The molecule has 27 heavy (non-hydrogen) atoms. The van der Waals surface area contributed by atoms with Crippen molar-refractivity contribution in [2.24, 2.45) is 0 Å². The number of aromatic nitrogens is 1. The minimum atomic E-state index is -0.466. The summed E-state index contributed by atoms with van der Waals surface area (Å²) in [5.74, 6) is 0.837. The quantitative estimate of drug-likeness (QED) is 0.781. The molecule has 4 rings (SSSR count). The van der Waals surface area contributed by atoms with Gasteiger partial charge >= 0.3 is 0 Å². The highest BCUT2D eigenvalue weighted by Gasteiger charge is 2.52. The van der Waals surface area contributed by atoms with Crippen LogP contribution in [0.2, 0.25) is 0 Å².